The van der Waals surface area contributed by atoms with Gasteiger partial charge >= 0.3 is 0 Å². The van der Waals surface area contributed by atoms with Gasteiger partial charge in [0.15, 0.2) is 0 Å². The molecule has 2 aromatic heterocycles. The smallest absolute Gasteiger partial charge is 0.150 e. The fourth-order valence-corrected chi connectivity index (χ4v) is 3.82. The first kappa shape index (κ1) is 18.6. The summed E-state index contributed by atoms with van der Waals surface area (Å²) in [4.78, 5) is 5.73. The van der Waals surface area contributed by atoms with E-state index in [4.69, 9.17) is 5.26 Å². The van der Waals surface area contributed by atoms with E-state index in [0.717, 1.165) is 12.1 Å². The van der Waals surface area contributed by atoms with Crippen LogP contribution in [0, 0.1) is 0 Å². The van der Waals surface area contributed by atoms with E-state index < -0.39 is 20.8 Å². The van der Waals surface area contributed by atoms with Crippen LogP contribution in [0.3, 0.4) is 0 Å². The van der Waals surface area contributed by atoms with Crippen LogP contribution in [0.25, 0.3) is 33.2 Å². The van der Waals surface area contributed by atoms with Gasteiger partial charge in [-0.3, -0.25) is 0 Å². The molecule has 0 saturated heterocycles. The van der Waals surface area contributed by atoms with E-state index >= 15 is 0 Å². The Morgan fingerprint density at radius 3 is 2.39 bits per heavy atom. The van der Waals surface area contributed by atoms with Gasteiger partial charge in [0.1, 0.15) is 21.6 Å². The molecule has 0 unspecified atom stereocenters. The average Bonchev–Trinajstić information content (AvgIpc) is 3.16. The molecule has 0 aliphatic rings. The lowest BCUT2D eigenvalue weighted by Crippen LogP contribution is -1.98. The molecule has 0 radical (unpaired) electrons. The van der Waals surface area contributed by atoms with Gasteiger partial charge in [-0.2, -0.15) is 0 Å². The highest BCUT2D eigenvalue weighted by atomic mass is 32.2. The Kier molecular flexibility index (Phi) is 4.45. The summed E-state index contributed by atoms with van der Waals surface area (Å²) in [6.45, 7) is 0. The van der Waals surface area contributed by atoms with Crippen molar-refractivity contribution in [1.82, 2.24) is 9.97 Å². The van der Waals surface area contributed by atoms with Crippen molar-refractivity contribution in [3.05, 3.63) is 36.4 Å². The zero-order chi connectivity index (χ0) is 20.1. The standard InChI is InChI=1S/C16H12N2O8S2/c19-15-9-5-7(27-26-25-21)1-3-11(9)17-13(15)14-16(20)10-6-8(28(22,23)24)2-4-12(10)18-14/h1-6,17-21H,(H,22,23,24)/p-2. The number of nitrogens with one attached hydrogen (secondary N) is 2. The summed E-state index contributed by atoms with van der Waals surface area (Å²) >= 11 is 0.707. The number of aromatic nitrogens is 2. The lowest BCUT2D eigenvalue weighted by Gasteiger charge is -2.09. The van der Waals surface area contributed by atoms with Gasteiger partial charge in [0.2, 0.25) is 0 Å². The van der Waals surface area contributed by atoms with Crippen molar-refractivity contribution >= 4 is 44.0 Å². The summed E-state index contributed by atoms with van der Waals surface area (Å²) in [5.74, 6) is -0.795. The van der Waals surface area contributed by atoms with Crippen molar-refractivity contribution in [2.24, 2.45) is 0 Å². The molecule has 4 N–H and O–H groups in total. The van der Waals surface area contributed by atoms with Crippen LogP contribution in [0.1, 0.15) is 0 Å². The number of hydrogen-bond donors (Lipinski definition) is 4. The number of hydrogen-bond acceptors (Lipinski definition) is 9. The largest absolute Gasteiger partial charge is 0.871 e. The lowest BCUT2D eigenvalue weighted by atomic mass is 10.2. The van der Waals surface area contributed by atoms with Crippen molar-refractivity contribution in [3.63, 3.8) is 0 Å². The minimum absolute atomic E-state index is 0.00768. The topological polar surface area (TPSA) is 171 Å². The second kappa shape index (κ2) is 6.70. The van der Waals surface area contributed by atoms with Gasteiger partial charge in [-0.05, 0) is 41.8 Å². The van der Waals surface area contributed by atoms with Crippen LogP contribution in [0.5, 0.6) is 11.5 Å². The predicted molar refractivity (Wildman–Crippen MR) is 95.3 cm³/mol. The second-order valence-electron chi connectivity index (χ2n) is 5.77. The Morgan fingerprint density at radius 1 is 1.00 bits per heavy atom. The van der Waals surface area contributed by atoms with Crippen LogP contribution in [-0.2, 0) is 19.5 Å². The van der Waals surface area contributed by atoms with E-state index in [2.05, 4.69) is 19.3 Å². The summed E-state index contributed by atoms with van der Waals surface area (Å²) < 4.78 is 37.9. The van der Waals surface area contributed by atoms with Crippen molar-refractivity contribution in [2.45, 2.75) is 9.79 Å². The summed E-state index contributed by atoms with van der Waals surface area (Å²) in [5.41, 5.74) is 0.940. The first-order chi connectivity index (χ1) is 13.3. The van der Waals surface area contributed by atoms with E-state index in [-0.39, 0.29) is 22.5 Å². The second-order valence-corrected chi connectivity index (χ2v) is 7.93. The fourth-order valence-electron chi connectivity index (χ4n) is 2.92. The van der Waals surface area contributed by atoms with Crippen LogP contribution in [0.4, 0.5) is 0 Å². The van der Waals surface area contributed by atoms with Crippen molar-refractivity contribution < 1.29 is 37.8 Å². The third-order valence-electron chi connectivity index (χ3n) is 4.16. The average molecular weight is 422 g/mol. The lowest BCUT2D eigenvalue weighted by molar-refractivity contribution is -0.432. The van der Waals surface area contributed by atoms with Gasteiger partial charge in [0.05, 0.1) is 22.6 Å². The highest BCUT2D eigenvalue weighted by Crippen LogP contribution is 2.42. The highest BCUT2D eigenvalue weighted by Gasteiger charge is 2.17. The van der Waals surface area contributed by atoms with Gasteiger partial charge in [0, 0.05) is 21.3 Å². The van der Waals surface area contributed by atoms with Gasteiger partial charge in [-0.25, -0.2) is 13.7 Å². The molecular weight excluding hydrogens is 412 g/mol. The monoisotopic (exact) mass is 422 g/mol. The molecule has 10 nitrogen and oxygen atoms in total. The Morgan fingerprint density at radius 2 is 1.68 bits per heavy atom. The Labute approximate surface area is 161 Å². The zero-order valence-corrected chi connectivity index (χ0v) is 15.3. The van der Waals surface area contributed by atoms with Crippen LogP contribution >= 0.6 is 12.0 Å². The molecule has 0 saturated carbocycles. The van der Waals surface area contributed by atoms with E-state index in [9.17, 15) is 23.2 Å². The molecular formula is C16H10N2O8S2-2. The Bertz CT molecular complexity index is 1310. The van der Waals surface area contributed by atoms with Crippen LogP contribution in [0.2, 0.25) is 0 Å². The van der Waals surface area contributed by atoms with E-state index in [1.165, 1.54) is 6.07 Å². The van der Waals surface area contributed by atoms with Crippen LogP contribution in [0.15, 0.2) is 46.2 Å². The first-order valence-electron chi connectivity index (χ1n) is 7.58. The maximum Gasteiger partial charge on any atom is 0.150 e. The molecule has 0 amide bonds. The number of aromatic amines is 2. The highest BCUT2D eigenvalue weighted by molar-refractivity contribution is 7.94. The summed E-state index contributed by atoms with van der Waals surface area (Å²) in [5, 5.41) is 35.4. The zero-order valence-electron chi connectivity index (χ0n) is 13.6. The Balaban J connectivity index is 1.86. The molecule has 12 heteroatoms. The summed E-state index contributed by atoms with van der Waals surface area (Å²) in [6.07, 6.45) is 0. The third-order valence-corrected chi connectivity index (χ3v) is 5.57. The number of fused-ring (bicyclic) bond motifs is 2. The number of aromatic hydroxyl groups is 1. The molecule has 146 valence electrons. The van der Waals surface area contributed by atoms with Gasteiger partial charge in [0.25, 0.3) is 0 Å². The molecule has 0 aliphatic carbocycles. The molecule has 0 bridgehead atoms. The van der Waals surface area contributed by atoms with Crippen molar-refractivity contribution in [1.29, 1.82) is 0 Å². The molecule has 0 fully saturated rings. The minimum Gasteiger partial charge on any atom is -0.871 e. The molecule has 0 aliphatic heterocycles. The van der Waals surface area contributed by atoms with E-state index in [1.54, 1.807) is 18.2 Å². The molecule has 28 heavy (non-hydrogen) atoms. The molecule has 4 aromatic rings. The van der Waals surface area contributed by atoms with Crippen LogP contribution < -0.4 is 5.11 Å². The predicted octanol–water partition coefficient (Wildman–Crippen LogP) is 2.43. The molecule has 0 spiro atoms. The van der Waals surface area contributed by atoms with Crippen molar-refractivity contribution in [2.75, 3.05) is 0 Å². The van der Waals surface area contributed by atoms with E-state index in [1.807, 2.05) is 0 Å². The maximum atomic E-state index is 12.7. The van der Waals surface area contributed by atoms with Gasteiger partial charge < -0.3 is 24.7 Å². The molecule has 2 heterocycles. The quantitative estimate of drug-likeness (QED) is 0.163. The number of benzene rings is 2. The maximum absolute atomic E-state index is 12.7. The summed E-state index contributed by atoms with van der Waals surface area (Å²) in [6, 6.07) is 8.20. The first-order valence-corrected chi connectivity index (χ1v) is 9.73. The number of H-pyrrole nitrogens is 2. The van der Waals surface area contributed by atoms with E-state index in [0.29, 0.717) is 33.4 Å². The Hall–Kier alpha value is -2.74. The SMILES string of the molecule is O=S(=O)([O-])c1ccc2[nH]c(-c3[nH]c4ccc(SOOO)cc4c3O)c([O-])c2c1. The van der Waals surface area contributed by atoms with Crippen LogP contribution in [-0.4, -0.2) is 33.3 Å². The number of rotatable bonds is 5. The normalized spacial score (nSPS) is 12.2. The molecule has 2 aromatic carbocycles. The van der Waals surface area contributed by atoms with Gasteiger partial charge in [-0.1, -0.05) is 10.8 Å². The fraction of sp³-hybridized carbons (Fsp3) is 0. The van der Waals surface area contributed by atoms with Gasteiger partial charge in [-0.15, -0.1) is 4.33 Å². The minimum atomic E-state index is -4.71. The third kappa shape index (κ3) is 3.07. The summed E-state index contributed by atoms with van der Waals surface area (Å²) in [7, 11) is -4.71. The molecule has 4 rings (SSSR count). The van der Waals surface area contributed by atoms with Crippen molar-refractivity contribution in [3.8, 4) is 22.9 Å². The molecule has 0 atom stereocenters.